The van der Waals surface area contributed by atoms with Crippen LogP contribution in [0.1, 0.15) is 36.5 Å². The van der Waals surface area contributed by atoms with Crippen LogP contribution in [0.5, 0.6) is 0 Å². The first-order chi connectivity index (χ1) is 9.63. The lowest BCUT2D eigenvalue weighted by Gasteiger charge is -2.34. The quantitative estimate of drug-likeness (QED) is 0.888. The summed E-state index contributed by atoms with van der Waals surface area (Å²) in [5.41, 5.74) is 0.617. The molecule has 1 N–H and O–H groups in total. The lowest BCUT2D eigenvalue weighted by molar-refractivity contribution is 0.0642. The maximum atomic E-state index is 12.7. The van der Waals surface area contributed by atoms with Crippen molar-refractivity contribution < 1.29 is 4.79 Å². The number of nitrogens with zero attached hydrogens (tertiary/aromatic N) is 1. The molecule has 3 nitrogen and oxygen atoms in total. The third kappa shape index (κ3) is 4.75. The molecular weight excluding hydrogens is 331 g/mol. The molecule has 1 fully saturated rings. The molecular formula is C15H21Cl3N2O. The van der Waals surface area contributed by atoms with Crippen molar-refractivity contribution in [3.05, 3.63) is 33.8 Å². The van der Waals surface area contributed by atoms with E-state index in [1.807, 2.05) is 4.90 Å². The average molecular weight is 352 g/mol. The van der Waals surface area contributed by atoms with E-state index in [2.05, 4.69) is 12.2 Å². The van der Waals surface area contributed by atoms with E-state index in [0.717, 1.165) is 38.9 Å². The first-order valence-corrected chi connectivity index (χ1v) is 7.85. The van der Waals surface area contributed by atoms with E-state index in [1.165, 1.54) is 0 Å². The van der Waals surface area contributed by atoms with Crippen LogP contribution in [0.25, 0.3) is 0 Å². The number of hydrogen-bond donors (Lipinski definition) is 1. The zero-order chi connectivity index (χ0) is 14.5. The van der Waals surface area contributed by atoms with Crippen LogP contribution in [0.2, 0.25) is 10.0 Å². The standard InChI is InChI=1S/C15H20Cl2N2O.ClH/c1-2-9-19(12-5-7-18-8-6-12)15(20)11-3-4-13(16)14(17)10-11;/h3-4,10,12,18H,2,5-9H2,1H3;1H. The first-order valence-electron chi connectivity index (χ1n) is 7.10. The maximum Gasteiger partial charge on any atom is 0.254 e. The molecule has 0 bridgehead atoms. The van der Waals surface area contributed by atoms with Gasteiger partial charge in [-0.1, -0.05) is 30.1 Å². The van der Waals surface area contributed by atoms with Gasteiger partial charge in [0.25, 0.3) is 5.91 Å². The Balaban J connectivity index is 0.00000220. The average Bonchev–Trinajstić information content (AvgIpc) is 2.48. The second kappa shape index (κ2) is 8.84. The van der Waals surface area contributed by atoms with Crippen molar-refractivity contribution in [2.45, 2.75) is 32.2 Å². The second-order valence-electron chi connectivity index (χ2n) is 5.11. The van der Waals surface area contributed by atoms with Crippen molar-refractivity contribution in [3.8, 4) is 0 Å². The Morgan fingerprint density at radius 1 is 1.29 bits per heavy atom. The number of halogens is 3. The van der Waals surface area contributed by atoms with Crippen molar-refractivity contribution >= 4 is 41.5 Å². The maximum absolute atomic E-state index is 12.7. The van der Waals surface area contributed by atoms with Gasteiger partial charge in [0.15, 0.2) is 0 Å². The summed E-state index contributed by atoms with van der Waals surface area (Å²) in [5.74, 6) is 0.0531. The number of hydrogen-bond acceptors (Lipinski definition) is 2. The molecule has 0 atom stereocenters. The van der Waals surface area contributed by atoms with Gasteiger partial charge in [0.05, 0.1) is 10.0 Å². The number of amides is 1. The van der Waals surface area contributed by atoms with Gasteiger partial charge < -0.3 is 10.2 Å². The van der Waals surface area contributed by atoms with Crippen LogP contribution in [0.15, 0.2) is 18.2 Å². The second-order valence-corrected chi connectivity index (χ2v) is 5.92. The normalized spacial score (nSPS) is 15.4. The molecule has 0 unspecified atom stereocenters. The van der Waals surface area contributed by atoms with Crippen molar-refractivity contribution in [2.24, 2.45) is 0 Å². The highest BCUT2D eigenvalue weighted by Crippen LogP contribution is 2.24. The SMILES string of the molecule is CCCN(C(=O)c1ccc(Cl)c(Cl)c1)C1CCNCC1.Cl. The summed E-state index contributed by atoms with van der Waals surface area (Å²) in [5, 5.41) is 4.24. The van der Waals surface area contributed by atoms with Gasteiger partial charge >= 0.3 is 0 Å². The van der Waals surface area contributed by atoms with Crippen LogP contribution in [-0.2, 0) is 0 Å². The smallest absolute Gasteiger partial charge is 0.254 e. The minimum absolute atomic E-state index is 0. The lowest BCUT2D eigenvalue weighted by atomic mass is 10.0. The predicted octanol–water partition coefficient (Wildman–Crippen LogP) is 4.02. The zero-order valence-electron chi connectivity index (χ0n) is 12.1. The highest BCUT2D eigenvalue weighted by atomic mass is 35.5. The molecule has 1 heterocycles. The van der Waals surface area contributed by atoms with E-state index in [4.69, 9.17) is 23.2 Å². The zero-order valence-corrected chi connectivity index (χ0v) is 14.4. The molecule has 0 saturated carbocycles. The molecule has 0 aliphatic carbocycles. The lowest BCUT2D eigenvalue weighted by Crippen LogP contribution is -2.46. The highest BCUT2D eigenvalue weighted by Gasteiger charge is 2.25. The van der Waals surface area contributed by atoms with Crippen molar-refractivity contribution in [1.82, 2.24) is 10.2 Å². The summed E-state index contributed by atoms with van der Waals surface area (Å²) >= 11 is 11.9. The van der Waals surface area contributed by atoms with Gasteiger partial charge in [0.2, 0.25) is 0 Å². The van der Waals surface area contributed by atoms with Crippen LogP contribution in [0, 0.1) is 0 Å². The van der Waals surface area contributed by atoms with E-state index in [9.17, 15) is 4.79 Å². The van der Waals surface area contributed by atoms with Gasteiger partial charge in [-0.2, -0.15) is 0 Å². The van der Waals surface area contributed by atoms with E-state index in [1.54, 1.807) is 18.2 Å². The Labute approximate surface area is 142 Å². The number of rotatable bonds is 4. The van der Waals surface area contributed by atoms with Crippen molar-refractivity contribution in [1.29, 1.82) is 0 Å². The Morgan fingerprint density at radius 3 is 2.52 bits per heavy atom. The summed E-state index contributed by atoms with van der Waals surface area (Å²) in [4.78, 5) is 14.7. The molecule has 1 aliphatic rings. The summed E-state index contributed by atoms with van der Waals surface area (Å²) in [7, 11) is 0. The van der Waals surface area contributed by atoms with Gasteiger partial charge in [-0.05, 0) is 50.6 Å². The summed E-state index contributed by atoms with van der Waals surface area (Å²) in [6.07, 6.45) is 2.97. The van der Waals surface area contributed by atoms with Crippen LogP contribution in [-0.4, -0.2) is 36.5 Å². The van der Waals surface area contributed by atoms with Crippen LogP contribution in [0.4, 0.5) is 0 Å². The number of benzene rings is 1. The van der Waals surface area contributed by atoms with Crippen LogP contribution in [0.3, 0.4) is 0 Å². The van der Waals surface area contributed by atoms with Crippen LogP contribution >= 0.6 is 35.6 Å². The molecule has 1 aromatic carbocycles. The minimum atomic E-state index is 0. The monoisotopic (exact) mass is 350 g/mol. The summed E-state index contributed by atoms with van der Waals surface area (Å²) in [6.45, 7) is 4.82. The Hall–Kier alpha value is -0.480. The topological polar surface area (TPSA) is 32.3 Å². The molecule has 2 rings (SSSR count). The van der Waals surface area contributed by atoms with E-state index in [0.29, 0.717) is 21.7 Å². The van der Waals surface area contributed by atoms with E-state index < -0.39 is 0 Å². The molecule has 1 aromatic rings. The third-order valence-electron chi connectivity index (χ3n) is 3.64. The fourth-order valence-corrected chi connectivity index (χ4v) is 2.90. The molecule has 0 radical (unpaired) electrons. The molecule has 0 spiro atoms. The highest BCUT2D eigenvalue weighted by molar-refractivity contribution is 6.42. The summed E-state index contributed by atoms with van der Waals surface area (Å²) < 4.78 is 0. The summed E-state index contributed by atoms with van der Waals surface area (Å²) in [6, 6.07) is 5.41. The Kier molecular flexibility index (Phi) is 7.82. The van der Waals surface area contributed by atoms with Gasteiger partial charge in [-0.3, -0.25) is 4.79 Å². The molecule has 118 valence electrons. The Bertz CT molecular complexity index is 476. The Morgan fingerprint density at radius 2 is 1.95 bits per heavy atom. The number of carbonyl (C=O) groups excluding carboxylic acids is 1. The number of carbonyl (C=O) groups is 1. The first kappa shape index (κ1) is 18.6. The molecule has 1 saturated heterocycles. The van der Waals surface area contributed by atoms with Gasteiger partial charge in [0, 0.05) is 18.2 Å². The minimum Gasteiger partial charge on any atom is -0.336 e. The van der Waals surface area contributed by atoms with Crippen molar-refractivity contribution in [2.75, 3.05) is 19.6 Å². The fraction of sp³-hybridized carbons (Fsp3) is 0.533. The van der Waals surface area contributed by atoms with E-state index in [-0.39, 0.29) is 18.3 Å². The largest absolute Gasteiger partial charge is 0.336 e. The molecule has 6 heteroatoms. The van der Waals surface area contributed by atoms with Gasteiger partial charge in [-0.15, -0.1) is 12.4 Å². The molecule has 0 aromatic heterocycles. The molecule has 1 aliphatic heterocycles. The van der Waals surface area contributed by atoms with Gasteiger partial charge in [0.1, 0.15) is 0 Å². The van der Waals surface area contributed by atoms with Gasteiger partial charge in [-0.25, -0.2) is 0 Å². The van der Waals surface area contributed by atoms with E-state index >= 15 is 0 Å². The molecule has 1 amide bonds. The predicted molar refractivity (Wildman–Crippen MR) is 90.9 cm³/mol. The third-order valence-corrected chi connectivity index (χ3v) is 4.38. The van der Waals surface area contributed by atoms with Crippen molar-refractivity contribution in [3.63, 3.8) is 0 Å². The fourth-order valence-electron chi connectivity index (χ4n) is 2.60. The molecule has 21 heavy (non-hydrogen) atoms. The van der Waals surface area contributed by atoms with Crippen LogP contribution < -0.4 is 5.32 Å². The number of nitrogens with one attached hydrogen (secondary N) is 1. The number of piperidine rings is 1.